The van der Waals surface area contributed by atoms with E-state index in [2.05, 4.69) is 34.5 Å². The molecule has 0 amide bonds. The van der Waals surface area contributed by atoms with E-state index >= 15 is 0 Å². The maximum absolute atomic E-state index is 3.70. The first-order valence-corrected chi connectivity index (χ1v) is 7.47. The Labute approximate surface area is 110 Å². The normalized spacial score (nSPS) is 25.4. The van der Waals surface area contributed by atoms with Gasteiger partial charge in [-0.05, 0) is 50.0 Å². The fourth-order valence-electron chi connectivity index (χ4n) is 3.33. The second-order valence-corrected chi connectivity index (χ2v) is 5.67. The summed E-state index contributed by atoms with van der Waals surface area (Å²) >= 11 is 0. The van der Waals surface area contributed by atoms with Gasteiger partial charge >= 0.3 is 0 Å². The van der Waals surface area contributed by atoms with Crippen molar-refractivity contribution in [2.45, 2.75) is 38.1 Å². The molecule has 2 heterocycles. The van der Waals surface area contributed by atoms with Gasteiger partial charge in [0.1, 0.15) is 0 Å². The van der Waals surface area contributed by atoms with Gasteiger partial charge in [-0.3, -0.25) is 0 Å². The molecular formula is C16H24N2. The maximum atomic E-state index is 3.70. The molecular weight excluding hydrogens is 220 g/mol. The van der Waals surface area contributed by atoms with Crippen LogP contribution in [0.15, 0.2) is 24.3 Å². The molecule has 1 aromatic rings. The lowest BCUT2D eigenvalue weighted by atomic mass is 9.94. The first kappa shape index (κ1) is 12.2. The third-order valence-electron chi connectivity index (χ3n) is 4.36. The van der Waals surface area contributed by atoms with Crippen molar-refractivity contribution in [1.82, 2.24) is 10.2 Å². The Morgan fingerprint density at radius 2 is 1.83 bits per heavy atom. The van der Waals surface area contributed by atoms with E-state index in [1.54, 1.807) is 5.56 Å². The monoisotopic (exact) mass is 244 g/mol. The number of benzene rings is 1. The summed E-state index contributed by atoms with van der Waals surface area (Å²) in [6.07, 6.45) is 6.80. The van der Waals surface area contributed by atoms with E-state index < -0.39 is 0 Å². The molecule has 0 aromatic heterocycles. The van der Waals surface area contributed by atoms with Gasteiger partial charge in [-0.1, -0.05) is 37.1 Å². The fourth-order valence-corrected chi connectivity index (χ4v) is 3.33. The molecule has 1 unspecified atom stereocenters. The number of nitrogens with one attached hydrogen (secondary N) is 1. The zero-order valence-corrected chi connectivity index (χ0v) is 11.2. The average molecular weight is 244 g/mol. The molecule has 2 aliphatic heterocycles. The Bertz CT molecular complexity index is 380. The standard InChI is InChI=1S/C16H24N2/c1-2-6-12-18(11-5-1)13-16-15-8-4-3-7-14(15)9-10-17-16/h3-4,7-8,16-17H,1-2,5-6,9-13H2. The van der Waals surface area contributed by atoms with E-state index in [-0.39, 0.29) is 0 Å². The minimum Gasteiger partial charge on any atom is -0.309 e. The highest BCUT2D eigenvalue weighted by Gasteiger charge is 2.21. The van der Waals surface area contributed by atoms with E-state index in [0.717, 1.165) is 6.54 Å². The number of likely N-dealkylation sites (tertiary alicyclic amines) is 1. The fraction of sp³-hybridized carbons (Fsp3) is 0.625. The van der Waals surface area contributed by atoms with Crippen molar-refractivity contribution in [2.75, 3.05) is 26.2 Å². The van der Waals surface area contributed by atoms with E-state index in [1.165, 1.54) is 57.3 Å². The predicted octanol–water partition coefficient (Wildman–Crippen LogP) is 2.75. The smallest absolute Gasteiger partial charge is 0.0452 e. The highest BCUT2D eigenvalue weighted by molar-refractivity contribution is 5.32. The molecule has 1 saturated heterocycles. The van der Waals surface area contributed by atoms with E-state index in [9.17, 15) is 0 Å². The van der Waals surface area contributed by atoms with Gasteiger partial charge in [-0.2, -0.15) is 0 Å². The Hall–Kier alpha value is -0.860. The Morgan fingerprint density at radius 3 is 2.67 bits per heavy atom. The number of fused-ring (bicyclic) bond motifs is 1. The number of nitrogens with zero attached hydrogens (tertiary/aromatic N) is 1. The van der Waals surface area contributed by atoms with Gasteiger partial charge in [0.25, 0.3) is 0 Å². The van der Waals surface area contributed by atoms with Crippen LogP contribution in [0.1, 0.15) is 42.9 Å². The van der Waals surface area contributed by atoms with E-state index in [0.29, 0.717) is 6.04 Å². The largest absolute Gasteiger partial charge is 0.309 e. The molecule has 0 spiro atoms. The van der Waals surface area contributed by atoms with Gasteiger partial charge in [0.05, 0.1) is 0 Å². The van der Waals surface area contributed by atoms with Gasteiger partial charge in [0, 0.05) is 12.6 Å². The van der Waals surface area contributed by atoms with Crippen molar-refractivity contribution < 1.29 is 0 Å². The SMILES string of the molecule is c1ccc2c(c1)CCNC2CN1CCCCCC1. The average Bonchev–Trinajstić information content (AvgIpc) is 2.68. The quantitative estimate of drug-likeness (QED) is 0.860. The van der Waals surface area contributed by atoms with Crippen LogP contribution in [0, 0.1) is 0 Å². The van der Waals surface area contributed by atoms with Crippen LogP contribution in [0.2, 0.25) is 0 Å². The summed E-state index contributed by atoms with van der Waals surface area (Å²) in [4.78, 5) is 2.66. The molecule has 0 bridgehead atoms. The first-order chi connectivity index (χ1) is 8.93. The van der Waals surface area contributed by atoms with Gasteiger partial charge < -0.3 is 10.2 Å². The Kier molecular flexibility index (Phi) is 3.96. The molecule has 1 N–H and O–H groups in total. The maximum Gasteiger partial charge on any atom is 0.0452 e. The van der Waals surface area contributed by atoms with E-state index in [4.69, 9.17) is 0 Å². The predicted molar refractivity (Wildman–Crippen MR) is 75.8 cm³/mol. The van der Waals surface area contributed by atoms with Crippen LogP contribution in [-0.4, -0.2) is 31.1 Å². The summed E-state index contributed by atoms with van der Waals surface area (Å²) in [6.45, 7) is 4.91. The van der Waals surface area contributed by atoms with Crippen LogP contribution in [0.4, 0.5) is 0 Å². The van der Waals surface area contributed by atoms with Crippen LogP contribution in [0.3, 0.4) is 0 Å². The molecule has 0 radical (unpaired) electrons. The van der Waals surface area contributed by atoms with Crippen LogP contribution >= 0.6 is 0 Å². The lowest BCUT2D eigenvalue weighted by molar-refractivity contribution is 0.247. The molecule has 1 aromatic carbocycles. The molecule has 3 rings (SSSR count). The van der Waals surface area contributed by atoms with Crippen LogP contribution in [0.25, 0.3) is 0 Å². The summed E-state index contributed by atoms with van der Waals surface area (Å²) in [6, 6.07) is 9.51. The zero-order valence-electron chi connectivity index (χ0n) is 11.2. The molecule has 18 heavy (non-hydrogen) atoms. The van der Waals surface area contributed by atoms with Crippen molar-refractivity contribution >= 4 is 0 Å². The van der Waals surface area contributed by atoms with Gasteiger partial charge in [-0.15, -0.1) is 0 Å². The minimum atomic E-state index is 0.549. The summed E-state index contributed by atoms with van der Waals surface area (Å²) in [5.41, 5.74) is 3.09. The van der Waals surface area contributed by atoms with Gasteiger partial charge in [0.2, 0.25) is 0 Å². The van der Waals surface area contributed by atoms with Gasteiger partial charge in [0.15, 0.2) is 0 Å². The lowest BCUT2D eigenvalue weighted by Gasteiger charge is -2.31. The summed E-state index contributed by atoms with van der Waals surface area (Å²) in [7, 11) is 0. The molecule has 0 aliphatic carbocycles. The Morgan fingerprint density at radius 1 is 1.06 bits per heavy atom. The van der Waals surface area contributed by atoms with Crippen molar-refractivity contribution in [3.05, 3.63) is 35.4 Å². The van der Waals surface area contributed by atoms with Crippen molar-refractivity contribution in [3.8, 4) is 0 Å². The van der Waals surface area contributed by atoms with Crippen molar-refractivity contribution in [2.24, 2.45) is 0 Å². The van der Waals surface area contributed by atoms with Gasteiger partial charge in [-0.25, -0.2) is 0 Å². The summed E-state index contributed by atoms with van der Waals surface area (Å²) < 4.78 is 0. The number of hydrogen-bond acceptors (Lipinski definition) is 2. The second-order valence-electron chi connectivity index (χ2n) is 5.67. The third kappa shape index (κ3) is 2.76. The van der Waals surface area contributed by atoms with Crippen molar-refractivity contribution in [3.63, 3.8) is 0 Å². The highest BCUT2D eigenvalue weighted by atomic mass is 15.1. The van der Waals surface area contributed by atoms with Crippen LogP contribution in [-0.2, 0) is 6.42 Å². The molecule has 1 atom stereocenters. The first-order valence-electron chi connectivity index (χ1n) is 7.47. The van der Waals surface area contributed by atoms with Crippen LogP contribution < -0.4 is 5.32 Å². The van der Waals surface area contributed by atoms with Crippen molar-refractivity contribution in [1.29, 1.82) is 0 Å². The topological polar surface area (TPSA) is 15.3 Å². The zero-order chi connectivity index (χ0) is 12.2. The molecule has 1 fully saturated rings. The second kappa shape index (κ2) is 5.85. The third-order valence-corrected chi connectivity index (χ3v) is 4.36. The molecule has 2 nitrogen and oxygen atoms in total. The lowest BCUT2D eigenvalue weighted by Crippen LogP contribution is -2.39. The van der Waals surface area contributed by atoms with E-state index in [1.807, 2.05) is 0 Å². The number of hydrogen-bond donors (Lipinski definition) is 1. The summed E-state index contributed by atoms with van der Waals surface area (Å²) in [5, 5.41) is 3.70. The molecule has 2 heteroatoms. The van der Waals surface area contributed by atoms with Crippen LogP contribution in [0.5, 0.6) is 0 Å². The summed E-state index contributed by atoms with van der Waals surface area (Å²) in [5.74, 6) is 0. The molecule has 0 saturated carbocycles. The Balaban J connectivity index is 1.69. The highest BCUT2D eigenvalue weighted by Crippen LogP contribution is 2.24. The number of rotatable bonds is 2. The molecule has 2 aliphatic rings. The minimum absolute atomic E-state index is 0.549. The molecule has 98 valence electrons.